The molecule has 2 aromatic carbocycles. The van der Waals surface area contributed by atoms with Gasteiger partial charge in [-0.05, 0) is 24.6 Å². The molecule has 0 atom stereocenters. The van der Waals surface area contributed by atoms with Crippen molar-refractivity contribution in [2.45, 2.75) is 13.5 Å². The predicted molar refractivity (Wildman–Crippen MR) is 97.8 cm³/mol. The van der Waals surface area contributed by atoms with E-state index in [9.17, 15) is 9.90 Å². The first-order chi connectivity index (χ1) is 11.6. The van der Waals surface area contributed by atoms with Gasteiger partial charge in [0.25, 0.3) is 0 Å². The number of hydrogen-bond donors (Lipinski definition) is 1. The van der Waals surface area contributed by atoms with E-state index in [4.69, 9.17) is 0 Å². The average molecular weight is 338 g/mol. The second-order valence-electron chi connectivity index (χ2n) is 5.59. The fraction of sp³-hybridized carbons (Fsp3) is 0.158. The maximum absolute atomic E-state index is 11.3. The van der Waals surface area contributed by atoms with Crippen LogP contribution in [0.5, 0.6) is 0 Å². The van der Waals surface area contributed by atoms with Crippen molar-refractivity contribution >= 4 is 23.0 Å². The molecule has 0 amide bonds. The first-order valence-corrected chi connectivity index (χ1v) is 8.43. The number of aromatic carboxylic acids is 1. The summed E-state index contributed by atoms with van der Waals surface area (Å²) in [5.41, 5.74) is 3.80. The number of rotatable bonds is 5. The standard InChI is InChI=1S/C19H18N2O2S/c1-13-17(19(22)23)24-18(20-13)16-11-7-6-8-14(16)12-21(2)15-9-4-3-5-10-15/h3-11H,12H2,1-2H3,(H,22,23). The Balaban J connectivity index is 1.94. The van der Waals surface area contributed by atoms with Gasteiger partial charge in [-0.1, -0.05) is 42.5 Å². The molecule has 1 N–H and O–H groups in total. The van der Waals surface area contributed by atoms with Gasteiger partial charge in [-0.2, -0.15) is 0 Å². The number of aromatic nitrogens is 1. The molecule has 0 aliphatic carbocycles. The zero-order chi connectivity index (χ0) is 17.1. The first-order valence-electron chi connectivity index (χ1n) is 7.61. The molecule has 24 heavy (non-hydrogen) atoms. The molecule has 1 aromatic heterocycles. The Morgan fingerprint density at radius 3 is 2.46 bits per heavy atom. The Morgan fingerprint density at radius 2 is 1.79 bits per heavy atom. The molecule has 3 rings (SSSR count). The normalized spacial score (nSPS) is 10.6. The lowest BCUT2D eigenvalue weighted by atomic mass is 10.1. The van der Waals surface area contributed by atoms with Gasteiger partial charge < -0.3 is 10.0 Å². The highest BCUT2D eigenvalue weighted by molar-refractivity contribution is 7.17. The van der Waals surface area contributed by atoms with Crippen LogP contribution in [0.4, 0.5) is 5.69 Å². The van der Waals surface area contributed by atoms with Gasteiger partial charge in [0.15, 0.2) is 0 Å². The van der Waals surface area contributed by atoms with Crippen LogP contribution in [0.2, 0.25) is 0 Å². The minimum Gasteiger partial charge on any atom is -0.477 e. The number of anilines is 1. The van der Waals surface area contributed by atoms with Gasteiger partial charge in [0.2, 0.25) is 0 Å². The van der Waals surface area contributed by atoms with Crippen LogP contribution in [0.25, 0.3) is 10.6 Å². The van der Waals surface area contributed by atoms with E-state index in [-0.39, 0.29) is 0 Å². The molecular weight excluding hydrogens is 320 g/mol. The van der Waals surface area contributed by atoms with Crippen LogP contribution in [0.15, 0.2) is 54.6 Å². The lowest BCUT2D eigenvalue weighted by Crippen LogP contribution is -2.16. The van der Waals surface area contributed by atoms with Crippen molar-refractivity contribution in [2.24, 2.45) is 0 Å². The van der Waals surface area contributed by atoms with Crippen LogP contribution >= 0.6 is 11.3 Å². The summed E-state index contributed by atoms with van der Waals surface area (Å²) in [5.74, 6) is -0.921. The molecule has 1 heterocycles. The van der Waals surface area contributed by atoms with Crippen LogP contribution < -0.4 is 4.90 Å². The van der Waals surface area contributed by atoms with Crippen molar-refractivity contribution < 1.29 is 9.90 Å². The zero-order valence-electron chi connectivity index (χ0n) is 13.6. The maximum Gasteiger partial charge on any atom is 0.347 e. The highest BCUT2D eigenvalue weighted by Crippen LogP contribution is 2.31. The molecule has 122 valence electrons. The molecule has 0 saturated carbocycles. The number of thiazole rings is 1. The Morgan fingerprint density at radius 1 is 1.12 bits per heavy atom. The van der Waals surface area contributed by atoms with Crippen molar-refractivity contribution in [1.29, 1.82) is 0 Å². The lowest BCUT2D eigenvalue weighted by Gasteiger charge is -2.20. The number of carbonyl (C=O) groups is 1. The number of benzene rings is 2. The van der Waals surface area contributed by atoms with Crippen LogP contribution in [-0.2, 0) is 6.54 Å². The van der Waals surface area contributed by atoms with Gasteiger partial charge in [0.05, 0.1) is 5.69 Å². The highest BCUT2D eigenvalue weighted by atomic mass is 32.1. The second kappa shape index (κ2) is 6.84. The summed E-state index contributed by atoms with van der Waals surface area (Å²) in [4.78, 5) is 18.2. The number of para-hydroxylation sites is 1. The molecule has 0 saturated heterocycles. The van der Waals surface area contributed by atoms with Gasteiger partial charge in [-0.15, -0.1) is 11.3 Å². The Labute approximate surface area is 145 Å². The summed E-state index contributed by atoms with van der Waals surface area (Å²) in [6, 6.07) is 18.2. The van der Waals surface area contributed by atoms with Gasteiger partial charge in [0.1, 0.15) is 9.88 Å². The van der Waals surface area contributed by atoms with Crippen LogP contribution in [0, 0.1) is 6.92 Å². The monoisotopic (exact) mass is 338 g/mol. The Bertz CT molecular complexity index is 859. The van der Waals surface area contributed by atoms with Crippen molar-refractivity contribution in [2.75, 3.05) is 11.9 Å². The SMILES string of the molecule is Cc1nc(-c2ccccc2CN(C)c2ccccc2)sc1C(=O)O. The fourth-order valence-electron chi connectivity index (χ4n) is 2.61. The van der Waals surface area contributed by atoms with E-state index in [0.29, 0.717) is 10.6 Å². The van der Waals surface area contributed by atoms with E-state index < -0.39 is 5.97 Å². The van der Waals surface area contributed by atoms with Gasteiger partial charge in [-0.25, -0.2) is 9.78 Å². The molecule has 5 heteroatoms. The molecule has 3 aromatic rings. The third kappa shape index (κ3) is 3.31. The second-order valence-corrected chi connectivity index (χ2v) is 6.59. The summed E-state index contributed by atoms with van der Waals surface area (Å²) in [6.07, 6.45) is 0. The van der Waals surface area contributed by atoms with E-state index in [0.717, 1.165) is 28.4 Å². The van der Waals surface area contributed by atoms with Crippen LogP contribution in [-0.4, -0.2) is 23.1 Å². The largest absolute Gasteiger partial charge is 0.477 e. The molecule has 0 aliphatic heterocycles. The fourth-order valence-corrected chi connectivity index (χ4v) is 3.57. The van der Waals surface area contributed by atoms with E-state index in [1.54, 1.807) is 6.92 Å². The third-order valence-corrected chi connectivity index (χ3v) is 5.02. The summed E-state index contributed by atoms with van der Waals surface area (Å²) in [6.45, 7) is 2.46. The molecule has 0 radical (unpaired) electrons. The van der Waals surface area contributed by atoms with Crippen LogP contribution in [0.3, 0.4) is 0 Å². The van der Waals surface area contributed by atoms with Crippen molar-refractivity contribution in [3.05, 3.63) is 70.7 Å². The number of nitrogens with zero attached hydrogens (tertiary/aromatic N) is 2. The van der Waals surface area contributed by atoms with Crippen molar-refractivity contribution in [3.63, 3.8) is 0 Å². The van der Waals surface area contributed by atoms with E-state index in [1.807, 2.05) is 43.4 Å². The molecule has 0 aliphatic rings. The molecule has 0 bridgehead atoms. The first kappa shape index (κ1) is 16.2. The van der Waals surface area contributed by atoms with Gasteiger partial charge in [0, 0.05) is 24.8 Å². The van der Waals surface area contributed by atoms with E-state index >= 15 is 0 Å². The number of carboxylic acids is 1. The minimum atomic E-state index is -0.921. The molecule has 0 unspecified atom stereocenters. The maximum atomic E-state index is 11.3. The van der Waals surface area contributed by atoms with Crippen LogP contribution in [0.1, 0.15) is 20.9 Å². The van der Waals surface area contributed by atoms with Crippen molar-refractivity contribution in [1.82, 2.24) is 4.98 Å². The zero-order valence-corrected chi connectivity index (χ0v) is 14.4. The Kier molecular flexibility index (Phi) is 4.62. The van der Waals surface area contributed by atoms with Crippen molar-refractivity contribution in [3.8, 4) is 10.6 Å². The summed E-state index contributed by atoms with van der Waals surface area (Å²) in [7, 11) is 2.04. The topological polar surface area (TPSA) is 53.4 Å². The Hall–Kier alpha value is -2.66. The third-order valence-electron chi connectivity index (χ3n) is 3.84. The highest BCUT2D eigenvalue weighted by Gasteiger charge is 2.17. The molecule has 0 fully saturated rings. The van der Waals surface area contributed by atoms with Gasteiger partial charge >= 0.3 is 5.97 Å². The number of aryl methyl sites for hydroxylation is 1. The van der Waals surface area contributed by atoms with E-state index in [1.165, 1.54) is 11.3 Å². The minimum absolute atomic E-state index is 0.302. The lowest BCUT2D eigenvalue weighted by molar-refractivity contribution is 0.0701. The van der Waals surface area contributed by atoms with E-state index in [2.05, 4.69) is 28.1 Å². The number of carboxylic acid groups (broad SMARTS) is 1. The average Bonchev–Trinajstić information content (AvgIpc) is 2.98. The quantitative estimate of drug-likeness (QED) is 0.746. The summed E-state index contributed by atoms with van der Waals surface area (Å²) < 4.78 is 0. The van der Waals surface area contributed by atoms with Gasteiger partial charge in [-0.3, -0.25) is 0 Å². The summed E-state index contributed by atoms with van der Waals surface area (Å²) in [5, 5.41) is 10.0. The summed E-state index contributed by atoms with van der Waals surface area (Å²) >= 11 is 1.23. The molecule has 4 nitrogen and oxygen atoms in total. The smallest absolute Gasteiger partial charge is 0.347 e. The number of hydrogen-bond acceptors (Lipinski definition) is 4. The predicted octanol–water partition coefficient (Wildman–Crippen LogP) is 4.45. The molecule has 0 spiro atoms. The molecular formula is C19H18N2O2S.